The van der Waals surface area contributed by atoms with Crippen LogP contribution < -0.4 is 14.8 Å². The van der Waals surface area contributed by atoms with Crippen LogP contribution in [0.5, 0.6) is 11.5 Å². The van der Waals surface area contributed by atoms with E-state index in [0.717, 1.165) is 16.8 Å². The Labute approximate surface area is 130 Å². The maximum absolute atomic E-state index is 6.15. The van der Waals surface area contributed by atoms with E-state index in [1.165, 1.54) is 0 Å². The van der Waals surface area contributed by atoms with Gasteiger partial charge in [-0.25, -0.2) is 0 Å². The molecule has 0 fully saturated rings. The lowest BCUT2D eigenvalue weighted by atomic mass is 10.1. The Balaban J connectivity index is 2.13. The lowest BCUT2D eigenvalue weighted by Gasteiger charge is -2.15. The van der Waals surface area contributed by atoms with Gasteiger partial charge in [-0.3, -0.25) is 0 Å². The van der Waals surface area contributed by atoms with E-state index in [4.69, 9.17) is 21.1 Å². The van der Waals surface area contributed by atoms with E-state index in [0.29, 0.717) is 23.1 Å². The molecule has 2 aromatic carbocycles. The summed E-state index contributed by atoms with van der Waals surface area (Å²) in [6, 6.07) is 13.6. The minimum absolute atomic E-state index is 0.533. The van der Waals surface area contributed by atoms with Crippen molar-refractivity contribution in [1.82, 2.24) is 0 Å². The Hall–Kier alpha value is -2.13. The molecule has 0 aliphatic rings. The van der Waals surface area contributed by atoms with Gasteiger partial charge in [-0.05, 0) is 17.2 Å². The number of nitrogens with one attached hydrogen (secondary N) is 1. The summed E-state index contributed by atoms with van der Waals surface area (Å²) >= 11 is 6.15. The molecule has 3 nitrogen and oxygen atoms in total. The maximum Gasteiger partial charge on any atom is 0.145 e. The first kappa shape index (κ1) is 15.3. The molecule has 0 radical (unpaired) electrons. The molecule has 1 N–H and O–H groups in total. The fraction of sp³-hybridized carbons (Fsp3) is 0.176. The molecule has 4 heteroatoms. The summed E-state index contributed by atoms with van der Waals surface area (Å²) in [6.07, 6.45) is 0. The van der Waals surface area contributed by atoms with E-state index in [1.54, 1.807) is 26.4 Å². The van der Waals surface area contributed by atoms with Gasteiger partial charge < -0.3 is 14.8 Å². The summed E-state index contributed by atoms with van der Waals surface area (Å²) in [5.74, 6) is 1.26. The standard InChI is InChI=1S/C17H18ClNO2/c1-12(13-7-5-4-6-8-13)11-19-15-9-14(18)16(20-2)10-17(15)21-3/h4-10,19H,1,11H2,2-3H3. The molecule has 21 heavy (non-hydrogen) atoms. The summed E-state index contributed by atoms with van der Waals surface area (Å²) in [6.45, 7) is 4.69. The molecular formula is C17H18ClNO2. The van der Waals surface area contributed by atoms with Crippen LogP contribution >= 0.6 is 11.6 Å². The number of ether oxygens (including phenoxy) is 2. The van der Waals surface area contributed by atoms with Gasteiger partial charge in [0.05, 0.1) is 24.9 Å². The van der Waals surface area contributed by atoms with Crippen LogP contribution in [0.3, 0.4) is 0 Å². The van der Waals surface area contributed by atoms with Gasteiger partial charge in [0.1, 0.15) is 11.5 Å². The van der Waals surface area contributed by atoms with E-state index in [2.05, 4.69) is 11.9 Å². The van der Waals surface area contributed by atoms with Crippen LogP contribution in [0.1, 0.15) is 5.56 Å². The normalized spacial score (nSPS) is 10.0. The summed E-state index contributed by atoms with van der Waals surface area (Å²) in [7, 11) is 3.19. The lowest BCUT2D eigenvalue weighted by Crippen LogP contribution is -2.05. The Bertz CT molecular complexity index is 626. The highest BCUT2D eigenvalue weighted by molar-refractivity contribution is 6.32. The van der Waals surface area contributed by atoms with Crippen LogP contribution in [0.2, 0.25) is 5.02 Å². The first-order valence-electron chi connectivity index (χ1n) is 6.54. The molecule has 0 aliphatic heterocycles. The summed E-state index contributed by atoms with van der Waals surface area (Å²) < 4.78 is 10.5. The van der Waals surface area contributed by atoms with E-state index < -0.39 is 0 Å². The second-order valence-corrected chi connectivity index (χ2v) is 4.92. The third-order valence-electron chi connectivity index (χ3n) is 3.15. The van der Waals surface area contributed by atoms with Gasteiger partial charge in [0.25, 0.3) is 0 Å². The zero-order valence-corrected chi connectivity index (χ0v) is 12.9. The number of hydrogen-bond acceptors (Lipinski definition) is 3. The molecule has 0 amide bonds. The fourth-order valence-corrected chi connectivity index (χ4v) is 2.22. The molecule has 0 saturated heterocycles. The SMILES string of the molecule is C=C(CNc1cc(Cl)c(OC)cc1OC)c1ccccc1. The van der Waals surface area contributed by atoms with Crippen molar-refractivity contribution >= 4 is 22.9 Å². The highest BCUT2D eigenvalue weighted by Crippen LogP contribution is 2.36. The third-order valence-corrected chi connectivity index (χ3v) is 3.44. The minimum atomic E-state index is 0.533. The van der Waals surface area contributed by atoms with Crippen molar-refractivity contribution in [3.05, 3.63) is 59.6 Å². The summed E-state index contributed by atoms with van der Waals surface area (Å²) in [5.41, 5.74) is 2.90. The Morgan fingerprint density at radius 2 is 1.76 bits per heavy atom. The maximum atomic E-state index is 6.15. The van der Waals surface area contributed by atoms with Crippen LogP contribution in [0, 0.1) is 0 Å². The van der Waals surface area contributed by atoms with Crippen molar-refractivity contribution < 1.29 is 9.47 Å². The van der Waals surface area contributed by atoms with Crippen molar-refractivity contribution in [2.75, 3.05) is 26.1 Å². The van der Waals surface area contributed by atoms with Crippen LogP contribution in [-0.4, -0.2) is 20.8 Å². The van der Waals surface area contributed by atoms with Crippen molar-refractivity contribution in [2.24, 2.45) is 0 Å². The highest BCUT2D eigenvalue weighted by atomic mass is 35.5. The first-order valence-corrected chi connectivity index (χ1v) is 6.92. The lowest BCUT2D eigenvalue weighted by molar-refractivity contribution is 0.395. The average Bonchev–Trinajstić information content (AvgIpc) is 2.53. The van der Waals surface area contributed by atoms with E-state index >= 15 is 0 Å². The number of methoxy groups -OCH3 is 2. The molecule has 110 valence electrons. The molecule has 0 saturated carbocycles. The molecule has 0 heterocycles. The Kier molecular flexibility index (Phi) is 5.12. The fourth-order valence-electron chi connectivity index (χ4n) is 1.98. The van der Waals surface area contributed by atoms with Gasteiger partial charge in [0, 0.05) is 12.6 Å². The van der Waals surface area contributed by atoms with Crippen LogP contribution in [0.15, 0.2) is 49.0 Å². The predicted molar refractivity (Wildman–Crippen MR) is 88.5 cm³/mol. The van der Waals surface area contributed by atoms with Crippen molar-refractivity contribution in [3.63, 3.8) is 0 Å². The van der Waals surface area contributed by atoms with Gasteiger partial charge in [0.2, 0.25) is 0 Å². The van der Waals surface area contributed by atoms with E-state index in [1.807, 2.05) is 30.3 Å². The predicted octanol–water partition coefficient (Wildman–Crippen LogP) is 4.48. The second kappa shape index (κ2) is 7.04. The van der Waals surface area contributed by atoms with Gasteiger partial charge in [-0.15, -0.1) is 0 Å². The van der Waals surface area contributed by atoms with Gasteiger partial charge in [0.15, 0.2) is 0 Å². The molecule has 2 aromatic rings. The zero-order valence-electron chi connectivity index (χ0n) is 12.2. The highest BCUT2D eigenvalue weighted by Gasteiger charge is 2.10. The Morgan fingerprint density at radius 3 is 2.38 bits per heavy atom. The van der Waals surface area contributed by atoms with E-state index in [9.17, 15) is 0 Å². The number of hydrogen-bond donors (Lipinski definition) is 1. The Morgan fingerprint density at radius 1 is 1.10 bits per heavy atom. The second-order valence-electron chi connectivity index (χ2n) is 4.51. The van der Waals surface area contributed by atoms with Crippen LogP contribution in [-0.2, 0) is 0 Å². The third kappa shape index (κ3) is 3.70. The monoisotopic (exact) mass is 303 g/mol. The van der Waals surface area contributed by atoms with Crippen LogP contribution in [0.25, 0.3) is 5.57 Å². The molecular weight excluding hydrogens is 286 g/mol. The van der Waals surface area contributed by atoms with Crippen LogP contribution in [0.4, 0.5) is 5.69 Å². The number of benzene rings is 2. The largest absolute Gasteiger partial charge is 0.495 e. The molecule has 0 bridgehead atoms. The zero-order chi connectivity index (χ0) is 15.2. The topological polar surface area (TPSA) is 30.5 Å². The van der Waals surface area contributed by atoms with Crippen molar-refractivity contribution in [2.45, 2.75) is 0 Å². The number of halogens is 1. The number of rotatable bonds is 6. The quantitative estimate of drug-likeness (QED) is 0.853. The van der Waals surface area contributed by atoms with Gasteiger partial charge >= 0.3 is 0 Å². The van der Waals surface area contributed by atoms with Gasteiger partial charge in [-0.2, -0.15) is 0 Å². The summed E-state index contributed by atoms with van der Waals surface area (Å²) in [5, 5.41) is 3.82. The molecule has 0 aromatic heterocycles. The molecule has 2 rings (SSSR count). The smallest absolute Gasteiger partial charge is 0.145 e. The first-order chi connectivity index (χ1) is 10.2. The molecule has 0 atom stereocenters. The molecule has 0 unspecified atom stereocenters. The number of anilines is 1. The van der Waals surface area contributed by atoms with Gasteiger partial charge in [-0.1, -0.05) is 48.5 Å². The van der Waals surface area contributed by atoms with Crippen molar-refractivity contribution in [1.29, 1.82) is 0 Å². The molecule has 0 spiro atoms. The van der Waals surface area contributed by atoms with Crippen molar-refractivity contribution in [3.8, 4) is 11.5 Å². The summed E-state index contributed by atoms with van der Waals surface area (Å²) in [4.78, 5) is 0. The minimum Gasteiger partial charge on any atom is -0.495 e. The van der Waals surface area contributed by atoms with E-state index in [-0.39, 0.29) is 0 Å². The average molecular weight is 304 g/mol. The molecule has 0 aliphatic carbocycles.